The van der Waals surface area contributed by atoms with Crippen LogP contribution in [0.5, 0.6) is 0 Å². The predicted octanol–water partition coefficient (Wildman–Crippen LogP) is 4.59. The number of methoxy groups -OCH3 is 1. The Morgan fingerprint density at radius 1 is 1.04 bits per heavy atom. The summed E-state index contributed by atoms with van der Waals surface area (Å²) in [5.41, 5.74) is -0.973. The molecule has 0 radical (unpaired) electrons. The van der Waals surface area contributed by atoms with E-state index >= 15 is 0 Å². The predicted molar refractivity (Wildman–Crippen MR) is 107 cm³/mol. The van der Waals surface area contributed by atoms with Crippen LogP contribution < -0.4 is 0 Å². The highest BCUT2D eigenvalue weighted by molar-refractivity contribution is 14.1. The number of hydrogen-bond donors (Lipinski definition) is 1. The summed E-state index contributed by atoms with van der Waals surface area (Å²) in [7, 11) is 1.18. The molecule has 2 aromatic carbocycles. The van der Waals surface area contributed by atoms with Gasteiger partial charge in [-0.1, -0.05) is 29.3 Å². The first kappa shape index (κ1) is 23.5. The molecule has 0 aliphatic rings. The van der Waals surface area contributed by atoms with Crippen LogP contribution in [0, 0.1) is 23.8 Å². The molecule has 1 N–H and O–H groups in total. The zero-order valence-corrected chi connectivity index (χ0v) is 17.4. The highest BCUT2D eigenvalue weighted by Crippen LogP contribution is 2.30. The van der Waals surface area contributed by atoms with Crippen molar-refractivity contribution in [2.24, 2.45) is 0 Å². The van der Waals surface area contributed by atoms with Crippen LogP contribution in [0.1, 0.15) is 20.7 Å². The molecule has 0 aliphatic heterocycles. The van der Waals surface area contributed by atoms with Gasteiger partial charge in [0, 0.05) is 15.7 Å². The zero-order chi connectivity index (χ0) is 21.6. The average molecular weight is 543 g/mol. The molecule has 0 saturated carbocycles. The third-order valence-electron chi connectivity index (χ3n) is 3.03. The number of benzene rings is 2. The lowest BCUT2D eigenvalue weighted by Crippen LogP contribution is -2.04. The van der Waals surface area contributed by atoms with Crippen molar-refractivity contribution in [1.29, 1.82) is 0 Å². The minimum atomic E-state index is -1.28. The summed E-state index contributed by atoms with van der Waals surface area (Å²) >= 11 is 13.0. The molecule has 2 aromatic rings. The van der Waals surface area contributed by atoms with Crippen molar-refractivity contribution >= 4 is 69.1 Å². The second-order valence-corrected chi connectivity index (χ2v) is 6.74. The first-order chi connectivity index (χ1) is 13.0. The maximum atomic E-state index is 11.2. The summed E-state index contributed by atoms with van der Waals surface area (Å²) in [6, 6.07) is 6.34. The summed E-state index contributed by atoms with van der Waals surface area (Å²) in [6.07, 6.45) is 0. The third kappa shape index (κ3) is 5.74. The van der Waals surface area contributed by atoms with E-state index in [-0.39, 0.29) is 26.9 Å². The number of carbonyl (C=O) groups is 2. The monoisotopic (exact) mass is 542 g/mol. The second kappa shape index (κ2) is 10.1. The van der Waals surface area contributed by atoms with Crippen molar-refractivity contribution in [3.63, 3.8) is 0 Å². The van der Waals surface area contributed by atoms with E-state index in [0.29, 0.717) is 3.57 Å². The van der Waals surface area contributed by atoms with E-state index in [9.17, 15) is 29.8 Å². The molecule has 0 fully saturated rings. The smallest absolute Gasteiger partial charge is 0.339 e. The number of halogens is 3. The maximum Gasteiger partial charge on any atom is 0.339 e. The number of esters is 1. The molecule has 10 nitrogen and oxygen atoms in total. The fourth-order valence-corrected chi connectivity index (χ4v) is 2.93. The van der Waals surface area contributed by atoms with Crippen molar-refractivity contribution in [2.75, 3.05) is 7.11 Å². The molecule has 0 heterocycles. The number of aromatic carboxylic acids is 1. The number of carbonyl (C=O) groups excluding carboxylic acids is 1. The van der Waals surface area contributed by atoms with E-state index in [1.54, 1.807) is 0 Å². The number of carboxylic acid groups (broad SMARTS) is 1. The van der Waals surface area contributed by atoms with Gasteiger partial charge in [-0.3, -0.25) is 20.2 Å². The Labute approximate surface area is 180 Å². The lowest BCUT2D eigenvalue weighted by atomic mass is 10.2. The van der Waals surface area contributed by atoms with Gasteiger partial charge < -0.3 is 9.84 Å². The van der Waals surface area contributed by atoms with Crippen LogP contribution in [0.25, 0.3) is 0 Å². The second-order valence-electron chi connectivity index (χ2n) is 4.74. The Kier molecular flexibility index (Phi) is 8.53. The van der Waals surface area contributed by atoms with Crippen LogP contribution in [0.3, 0.4) is 0 Å². The van der Waals surface area contributed by atoms with Crippen LogP contribution in [0.15, 0.2) is 30.3 Å². The van der Waals surface area contributed by atoms with Crippen molar-refractivity contribution in [2.45, 2.75) is 0 Å². The van der Waals surface area contributed by atoms with Gasteiger partial charge in [0.1, 0.15) is 10.0 Å². The van der Waals surface area contributed by atoms with Gasteiger partial charge in [-0.2, -0.15) is 0 Å². The van der Waals surface area contributed by atoms with Crippen LogP contribution >= 0.6 is 45.8 Å². The standard InChI is InChI=1S/C8H5ClINO4.C7H4ClNO4/c1-15-8(12)5-2-4(10)3-6(7(5)9)11(13)14;8-6-4(7(10)11)2-1-3-5(6)9(12)13/h2-3H,1H3;1-3H,(H,10,11). The molecular formula is C15H9Cl2IN2O8. The summed E-state index contributed by atoms with van der Waals surface area (Å²) in [5, 5.41) is 28.9. The Morgan fingerprint density at radius 3 is 2.04 bits per heavy atom. The number of rotatable bonds is 4. The van der Waals surface area contributed by atoms with E-state index < -0.39 is 27.5 Å². The summed E-state index contributed by atoms with van der Waals surface area (Å²) in [5.74, 6) is -1.98. The molecule has 0 atom stereocenters. The topological polar surface area (TPSA) is 150 Å². The first-order valence-corrected chi connectivity index (χ1v) is 8.72. The number of nitro benzene ring substituents is 2. The van der Waals surface area contributed by atoms with Crippen molar-refractivity contribution in [1.82, 2.24) is 0 Å². The van der Waals surface area contributed by atoms with Gasteiger partial charge in [-0.25, -0.2) is 9.59 Å². The fourth-order valence-electron chi connectivity index (χ4n) is 1.79. The summed E-state index contributed by atoms with van der Waals surface area (Å²) < 4.78 is 5.00. The van der Waals surface area contributed by atoms with E-state index in [0.717, 1.165) is 6.07 Å². The third-order valence-corrected chi connectivity index (χ3v) is 4.44. The lowest BCUT2D eigenvalue weighted by Gasteiger charge is -2.03. The zero-order valence-electron chi connectivity index (χ0n) is 13.7. The molecule has 148 valence electrons. The summed E-state index contributed by atoms with van der Waals surface area (Å²) in [4.78, 5) is 41.3. The van der Waals surface area contributed by atoms with Gasteiger partial charge in [0.2, 0.25) is 0 Å². The molecule has 0 bridgehead atoms. The molecule has 0 amide bonds. The molecule has 0 unspecified atom stereocenters. The minimum Gasteiger partial charge on any atom is -0.478 e. The maximum absolute atomic E-state index is 11.2. The van der Waals surface area contributed by atoms with E-state index in [1.165, 1.54) is 31.4 Å². The number of nitrogens with zero attached hydrogens (tertiary/aromatic N) is 2. The average Bonchev–Trinajstić information content (AvgIpc) is 2.62. The van der Waals surface area contributed by atoms with E-state index in [1.807, 2.05) is 22.6 Å². The first-order valence-electron chi connectivity index (χ1n) is 6.89. The Bertz CT molecular complexity index is 935. The Morgan fingerprint density at radius 2 is 1.57 bits per heavy atom. The van der Waals surface area contributed by atoms with Crippen LogP contribution in [0.2, 0.25) is 10.0 Å². The van der Waals surface area contributed by atoms with Crippen LogP contribution in [0.4, 0.5) is 11.4 Å². The Balaban J connectivity index is 0.000000283. The van der Waals surface area contributed by atoms with Gasteiger partial charge in [0.25, 0.3) is 11.4 Å². The van der Waals surface area contributed by atoms with Gasteiger partial charge in [-0.05, 0) is 34.7 Å². The van der Waals surface area contributed by atoms with E-state index in [2.05, 4.69) is 4.74 Å². The van der Waals surface area contributed by atoms with Crippen molar-refractivity contribution in [3.8, 4) is 0 Å². The minimum absolute atomic E-state index is 0.00207. The number of carboxylic acids is 1. The Hall–Kier alpha value is -2.51. The fraction of sp³-hybridized carbons (Fsp3) is 0.0667. The molecule has 0 saturated heterocycles. The normalized spacial score (nSPS) is 9.71. The molecule has 0 spiro atoms. The number of hydrogen-bond acceptors (Lipinski definition) is 7. The SMILES string of the molecule is COC(=O)c1cc(I)cc([N+](=O)[O-])c1Cl.O=C(O)c1cccc([N+](=O)[O-])c1Cl. The molecule has 0 aliphatic carbocycles. The molecule has 0 aromatic heterocycles. The van der Waals surface area contributed by atoms with Crippen LogP contribution in [-0.2, 0) is 4.74 Å². The molecular weight excluding hydrogens is 534 g/mol. The quantitative estimate of drug-likeness (QED) is 0.255. The lowest BCUT2D eigenvalue weighted by molar-refractivity contribution is -0.384. The highest BCUT2D eigenvalue weighted by atomic mass is 127. The molecule has 2 rings (SSSR count). The van der Waals surface area contributed by atoms with Gasteiger partial charge >= 0.3 is 11.9 Å². The summed E-state index contributed by atoms with van der Waals surface area (Å²) in [6.45, 7) is 0. The van der Waals surface area contributed by atoms with Gasteiger partial charge in [-0.15, -0.1) is 0 Å². The largest absolute Gasteiger partial charge is 0.478 e. The van der Waals surface area contributed by atoms with Crippen LogP contribution in [-0.4, -0.2) is 34.0 Å². The van der Waals surface area contributed by atoms with Crippen molar-refractivity contribution in [3.05, 3.63) is 75.3 Å². The molecule has 28 heavy (non-hydrogen) atoms. The van der Waals surface area contributed by atoms with Gasteiger partial charge in [0.05, 0.1) is 28.1 Å². The van der Waals surface area contributed by atoms with Gasteiger partial charge in [0.15, 0.2) is 0 Å². The molecule has 13 heteroatoms. The van der Waals surface area contributed by atoms with Crippen molar-refractivity contribution < 1.29 is 29.3 Å². The number of nitro groups is 2. The van der Waals surface area contributed by atoms with E-state index in [4.69, 9.17) is 28.3 Å². The number of ether oxygens (including phenoxy) is 1. The highest BCUT2D eigenvalue weighted by Gasteiger charge is 2.22.